The number of hydrogen-bond acceptors (Lipinski definition) is 14. The standard InChI is InChI=1S/C38H64N6O9/c1-34(2,3)51-29(45)25-42-18-16-41(24-28-39-40-32(50-28)37-10-13-38(14-11-37,15-12-37)33(48)49)17-19-43(26-30(46)52-35(4,5)6)21-23-44(22-20-42)27-31(47)53-36(7,8)9/h10-27H2,1-9H3,(H,48,49). The van der Waals surface area contributed by atoms with Crippen molar-refractivity contribution in [3.8, 4) is 0 Å². The quantitative estimate of drug-likeness (QED) is 0.273. The molecular weight excluding hydrogens is 684 g/mol. The highest BCUT2D eigenvalue weighted by Crippen LogP contribution is 2.57. The summed E-state index contributed by atoms with van der Waals surface area (Å²) in [6.45, 7) is 21.3. The zero-order valence-corrected chi connectivity index (χ0v) is 33.6. The number of esters is 3. The molecule has 5 rings (SSSR count). The van der Waals surface area contributed by atoms with E-state index in [0.29, 0.717) is 89.9 Å². The Kier molecular flexibility index (Phi) is 13.8. The molecule has 1 saturated heterocycles. The Hall–Kier alpha value is -3.14. The zero-order chi connectivity index (χ0) is 39.2. The van der Waals surface area contributed by atoms with Crippen molar-refractivity contribution in [3.05, 3.63) is 11.8 Å². The van der Waals surface area contributed by atoms with Crippen molar-refractivity contribution in [2.75, 3.05) is 72.0 Å². The Morgan fingerprint density at radius 1 is 0.585 bits per heavy atom. The number of rotatable bonds is 10. The molecule has 15 nitrogen and oxygen atoms in total. The molecule has 0 radical (unpaired) electrons. The Morgan fingerprint density at radius 2 is 0.925 bits per heavy atom. The third-order valence-corrected chi connectivity index (χ3v) is 10.2. The number of aromatic nitrogens is 2. The van der Waals surface area contributed by atoms with E-state index in [4.69, 9.17) is 18.6 Å². The van der Waals surface area contributed by atoms with Crippen molar-refractivity contribution in [2.24, 2.45) is 5.41 Å². The van der Waals surface area contributed by atoms with Crippen molar-refractivity contribution in [1.82, 2.24) is 29.8 Å². The fourth-order valence-electron chi connectivity index (χ4n) is 7.43. The van der Waals surface area contributed by atoms with Crippen LogP contribution in [0.15, 0.2) is 4.42 Å². The molecule has 3 aliphatic carbocycles. The first-order chi connectivity index (χ1) is 24.5. The van der Waals surface area contributed by atoms with Gasteiger partial charge in [-0.05, 0) is 101 Å². The fraction of sp³-hybridized carbons (Fsp3) is 0.842. The number of carboxylic acid groups (broad SMARTS) is 1. The van der Waals surface area contributed by atoms with E-state index in [2.05, 4.69) is 15.1 Å². The lowest BCUT2D eigenvalue weighted by molar-refractivity contribution is -0.158. The lowest BCUT2D eigenvalue weighted by Crippen LogP contribution is -2.49. The minimum atomic E-state index is -0.704. The summed E-state index contributed by atoms with van der Waals surface area (Å²) in [6, 6.07) is 0. The van der Waals surface area contributed by atoms with Crippen LogP contribution in [0.4, 0.5) is 0 Å². The van der Waals surface area contributed by atoms with Crippen molar-refractivity contribution in [1.29, 1.82) is 0 Å². The number of fused-ring (bicyclic) bond motifs is 3. The first-order valence-corrected chi connectivity index (χ1v) is 19.2. The minimum absolute atomic E-state index is 0.0717. The topological polar surface area (TPSA) is 168 Å². The summed E-state index contributed by atoms with van der Waals surface area (Å²) < 4.78 is 23.3. The van der Waals surface area contributed by atoms with Gasteiger partial charge < -0.3 is 23.7 Å². The average Bonchev–Trinajstić information content (AvgIpc) is 3.50. The molecule has 2 bridgehead atoms. The number of aliphatic carboxylic acids is 1. The van der Waals surface area contributed by atoms with Gasteiger partial charge in [0, 0.05) is 57.8 Å². The van der Waals surface area contributed by atoms with Crippen LogP contribution in [0.25, 0.3) is 0 Å². The van der Waals surface area contributed by atoms with Crippen LogP contribution < -0.4 is 0 Å². The summed E-state index contributed by atoms with van der Waals surface area (Å²) in [5, 5.41) is 18.8. The van der Waals surface area contributed by atoms with E-state index in [1.165, 1.54) is 0 Å². The van der Waals surface area contributed by atoms with Gasteiger partial charge in [0.25, 0.3) is 0 Å². The summed E-state index contributed by atoms with van der Waals surface area (Å²) in [5.41, 5.74) is -2.80. The van der Waals surface area contributed by atoms with Crippen LogP contribution in [0.2, 0.25) is 0 Å². The van der Waals surface area contributed by atoms with Gasteiger partial charge in [-0.25, -0.2) is 0 Å². The molecule has 1 aliphatic heterocycles. The molecule has 1 aromatic rings. The predicted octanol–water partition coefficient (Wildman–Crippen LogP) is 3.49. The number of nitrogens with zero attached hydrogens (tertiary/aromatic N) is 6. The average molecular weight is 749 g/mol. The van der Waals surface area contributed by atoms with E-state index in [-0.39, 0.29) is 43.0 Å². The first-order valence-electron chi connectivity index (χ1n) is 19.2. The lowest BCUT2D eigenvalue weighted by Gasteiger charge is -2.49. The van der Waals surface area contributed by atoms with Gasteiger partial charge in [0.15, 0.2) is 0 Å². The van der Waals surface area contributed by atoms with Gasteiger partial charge in [-0.15, -0.1) is 10.2 Å². The monoisotopic (exact) mass is 748 g/mol. The highest BCUT2D eigenvalue weighted by molar-refractivity contribution is 5.75. The normalized spacial score (nSPS) is 24.9. The highest BCUT2D eigenvalue weighted by Gasteiger charge is 2.55. The maximum Gasteiger partial charge on any atom is 0.320 e. The second kappa shape index (κ2) is 17.1. The summed E-state index contributed by atoms with van der Waals surface area (Å²) in [6.07, 6.45) is 3.99. The molecule has 0 amide bonds. The molecule has 1 aromatic heterocycles. The molecular formula is C38H64N6O9. The Balaban J connectivity index is 1.53. The molecule has 0 atom stereocenters. The van der Waals surface area contributed by atoms with Gasteiger partial charge >= 0.3 is 23.9 Å². The Morgan fingerprint density at radius 3 is 1.25 bits per heavy atom. The van der Waals surface area contributed by atoms with Gasteiger partial charge in [-0.1, -0.05) is 0 Å². The molecule has 0 spiro atoms. The lowest BCUT2D eigenvalue weighted by atomic mass is 9.53. The number of carbonyl (C=O) groups excluding carboxylic acids is 3. The van der Waals surface area contributed by atoms with E-state index in [1.807, 2.05) is 77.0 Å². The van der Waals surface area contributed by atoms with Crippen LogP contribution >= 0.6 is 0 Å². The minimum Gasteiger partial charge on any atom is -0.481 e. The van der Waals surface area contributed by atoms with Crippen LogP contribution in [0.1, 0.15) is 113 Å². The SMILES string of the molecule is CC(C)(C)OC(=O)CN1CCN(CC(=O)OC(C)(C)C)CCN(Cc2nnc(C34CCC(C(=O)O)(CC3)CC4)o2)CCN(CC(=O)OC(C)(C)C)CC1. The maximum atomic E-state index is 13.0. The molecule has 53 heavy (non-hydrogen) atoms. The van der Waals surface area contributed by atoms with Crippen molar-refractivity contribution in [2.45, 2.75) is 130 Å². The summed E-state index contributed by atoms with van der Waals surface area (Å²) in [4.78, 5) is 59.3. The van der Waals surface area contributed by atoms with Gasteiger partial charge in [0.2, 0.25) is 11.8 Å². The number of carboxylic acids is 1. The van der Waals surface area contributed by atoms with Crippen LogP contribution in [0.5, 0.6) is 0 Å². The fourth-order valence-corrected chi connectivity index (χ4v) is 7.43. The van der Waals surface area contributed by atoms with Gasteiger partial charge in [-0.3, -0.25) is 38.8 Å². The summed E-state index contributed by atoms with van der Waals surface area (Å²) >= 11 is 0. The zero-order valence-electron chi connectivity index (χ0n) is 33.6. The van der Waals surface area contributed by atoms with Crippen molar-refractivity contribution < 1.29 is 42.9 Å². The van der Waals surface area contributed by atoms with E-state index in [0.717, 1.165) is 19.3 Å². The van der Waals surface area contributed by atoms with Crippen LogP contribution in [-0.4, -0.2) is 148 Å². The van der Waals surface area contributed by atoms with Gasteiger partial charge in [0.05, 0.1) is 31.6 Å². The van der Waals surface area contributed by atoms with Crippen LogP contribution in [0.3, 0.4) is 0 Å². The number of carbonyl (C=O) groups is 4. The maximum absolute atomic E-state index is 13.0. The predicted molar refractivity (Wildman–Crippen MR) is 196 cm³/mol. The van der Waals surface area contributed by atoms with E-state index in [1.54, 1.807) is 0 Å². The van der Waals surface area contributed by atoms with E-state index >= 15 is 0 Å². The number of hydrogen-bond donors (Lipinski definition) is 1. The number of ether oxygens (including phenoxy) is 3. The highest BCUT2D eigenvalue weighted by atomic mass is 16.6. The molecule has 3 saturated carbocycles. The molecule has 15 heteroatoms. The summed E-state index contributed by atoms with van der Waals surface area (Å²) in [7, 11) is 0. The van der Waals surface area contributed by atoms with Crippen LogP contribution in [0, 0.1) is 5.41 Å². The van der Waals surface area contributed by atoms with Gasteiger partial charge in [-0.2, -0.15) is 0 Å². The molecule has 0 aromatic carbocycles. The molecule has 1 N–H and O–H groups in total. The largest absolute Gasteiger partial charge is 0.481 e. The second-order valence-corrected chi connectivity index (χ2v) is 18.2. The van der Waals surface area contributed by atoms with Crippen molar-refractivity contribution in [3.63, 3.8) is 0 Å². The Labute approximate surface area is 315 Å². The third kappa shape index (κ3) is 13.3. The molecule has 4 fully saturated rings. The van der Waals surface area contributed by atoms with E-state index in [9.17, 15) is 24.3 Å². The molecule has 0 unspecified atom stereocenters. The third-order valence-electron chi connectivity index (χ3n) is 10.2. The Bertz CT molecular complexity index is 1360. The van der Waals surface area contributed by atoms with Crippen LogP contribution in [-0.2, 0) is 45.3 Å². The second-order valence-electron chi connectivity index (χ2n) is 18.2. The smallest absolute Gasteiger partial charge is 0.320 e. The summed E-state index contributed by atoms with van der Waals surface area (Å²) in [5.74, 6) is -0.636. The first kappa shape index (κ1) is 42.6. The van der Waals surface area contributed by atoms with Gasteiger partial charge in [0.1, 0.15) is 16.8 Å². The van der Waals surface area contributed by atoms with E-state index < -0.39 is 28.2 Å². The molecule has 4 aliphatic rings. The van der Waals surface area contributed by atoms with Crippen molar-refractivity contribution >= 4 is 23.9 Å². The molecule has 2 heterocycles. The molecule has 300 valence electrons.